The van der Waals surface area contributed by atoms with Gasteiger partial charge in [-0.2, -0.15) is 5.21 Å². The van der Waals surface area contributed by atoms with E-state index >= 15 is 0 Å². The van der Waals surface area contributed by atoms with E-state index in [4.69, 9.17) is 0 Å². The van der Waals surface area contributed by atoms with E-state index in [2.05, 4.69) is 43.2 Å². The number of carbonyl (C=O) groups is 4. The molecule has 0 saturated carbocycles. The Morgan fingerprint density at radius 2 is 1.63 bits per heavy atom. The molecule has 1 unspecified atom stereocenters. The van der Waals surface area contributed by atoms with Crippen molar-refractivity contribution >= 4 is 23.7 Å². The number of H-pyrrole nitrogens is 1. The predicted molar refractivity (Wildman–Crippen MR) is 185 cm³/mol. The Kier molecular flexibility index (Phi) is 12.3. The van der Waals surface area contributed by atoms with E-state index < -0.39 is 42.1 Å². The van der Waals surface area contributed by atoms with Crippen molar-refractivity contribution in [1.82, 2.24) is 46.3 Å². The highest BCUT2D eigenvalue weighted by Gasteiger charge is 2.31. The Labute approximate surface area is 293 Å². The van der Waals surface area contributed by atoms with Gasteiger partial charge in [-0.25, -0.2) is 15.3 Å². The Morgan fingerprint density at radius 1 is 0.902 bits per heavy atom. The normalized spacial score (nSPS) is 12.1. The molecule has 0 bridgehead atoms. The van der Waals surface area contributed by atoms with Gasteiger partial charge in [0.2, 0.25) is 17.6 Å². The molecule has 3 amide bonds. The summed E-state index contributed by atoms with van der Waals surface area (Å²) in [4.78, 5) is 55.0. The van der Waals surface area contributed by atoms with Gasteiger partial charge in [0.1, 0.15) is 17.8 Å². The smallest absolute Gasteiger partial charge is 0.326 e. The summed E-state index contributed by atoms with van der Waals surface area (Å²) in [6.07, 6.45) is 3.66. The minimum Gasteiger partial charge on any atom is -0.480 e. The Hall–Kier alpha value is -6.22. The number of nitrogens with zero attached hydrogens (tertiary/aromatic N) is 5. The lowest BCUT2D eigenvalue weighted by atomic mass is 9.97. The number of aromatic nitrogens is 6. The van der Waals surface area contributed by atoms with Crippen molar-refractivity contribution in [3.63, 3.8) is 0 Å². The van der Waals surface area contributed by atoms with E-state index in [1.165, 1.54) is 5.48 Å². The molecule has 2 heterocycles. The maximum Gasteiger partial charge on any atom is 0.326 e. The number of imidazole rings is 1. The van der Waals surface area contributed by atoms with Crippen LogP contribution in [0.5, 0.6) is 0 Å². The van der Waals surface area contributed by atoms with Crippen LogP contribution in [0.2, 0.25) is 0 Å². The van der Waals surface area contributed by atoms with Crippen molar-refractivity contribution in [2.75, 3.05) is 0 Å². The van der Waals surface area contributed by atoms with Crippen molar-refractivity contribution in [2.24, 2.45) is 5.92 Å². The Bertz CT molecular complexity index is 1930. The number of tetrazole rings is 1. The zero-order valence-corrected chi connectivity index (χ0v) is 28.0. The largest absolute Gasteiger partial charge is 0.480 e. The van der Waals surface area contributed by atoms with Gasteiger partial charge in [0.15, 0.2) is 0 Å². The highest BCUT2D eigenvalue weighted by molar-refractivity contribution is 6.01. The van der Waals surface area contributed by atoms with Gasteiger partial charge in [0.05, 0.1) is 24.9 Å². The second kappa shape index (κ2) is 17.4. The van der Waals surface area contributed by atoms with Gasteiger partial charge in [0.25, 0.3) is 5.91 Å². The number of nitrogens with one attached hydrogen (secondary N) is 4. The molecule has 0 aliphatic heterocycles. The predicted octanol–water partition coefficient (Wildman–Crippen LogP) is 3.06. The summed E-state index contributed by atoms with van der Waals surface area (Å²) < 4.78 is 2.04. The molecule has 2 aromatic heterocycles. The molecule has 15 heteroatoms. The average molecular weight is 694 g/mol. The number of carboxylic acids is 1. The van der Waals surface area contributed by atoms with Crippen LogP contribution in [-0.2, 0) is 45.1 Å². The molecule has 0 fully saturated rings. The SMILES string of the molecule is CCCCc1ncc(CNC(=O)C[C@H](NC(=O)C(Cc2ccccc2)C(=O)NO)C(=O)O)n1Cc1ccc(-c2ccccc2-c2nn[nH]n2)cc1. The van der Waals surface area contributed by atoms with E-state index in [9.17, 15) is 29.5 Å². The van der Waals surface area contributed by atoms with Gasteiger partial charge < -0.3 is 20.3 Å². The summed E-state index contributed by atoms with van der Waals surface area (Å²) in [5.74, 6) is -4.08. The fraction of sp³-hybridized carbons (Fsp3) is 0.278. The average Bonchev–Trinajstić information content (AvgIpc) is 3.83. The molecule has 0 saturated heterocycles. The number of unbranched alkanes of at least 4 members (excludes halogenated alkanes) is 1. The number of aryl methyl sites for hydroxylation is 1. The molecule has 0 aliphatic rings. The summed E-state index contributed by atoms with van der Waals surface area (Å²) in [6, 6.07) is 22.9. The zero-order chi connectivity index (χ0) is 36.2. The van der Waals surface area contributed by atoms with Crippen LogP contribution >= 0.6 is 0 Å². The molecular formula is C36H39N9O6. The zero-order valence-electron chi connectivity index (χ0n) is 28.0. The van der Waals surface area contributed by atoms with Crippen LogP contribution in [0.1, 0.15) is 48.8 Å². The monoisotopic (exact) mass is 693 g/mol. The molecule has 0 spiro atoms. The third-order valence-electron chi connectivity index (χ3n) is 8.39. The number of hydrogen-bond acceptors (Lipinski definition) is 9. The molecule has 3 aromatic carbocycles. The number of hydroxylamine groups is 1. The quantitative estimate of drug-likeness (QED) is 0.0475. The first kappa shape index (κ1) is 36.1. The van der Waals surface area contributed by atoms with E-state index in [-0.39, 0.29) is 13.0 Å². The minimum atomic E-state index is -1.61. The Balaban J connectivity index is 1.25. The van der Waals surface area contributed by atoms with Gasteiger partial charge in [0, 0.05) is 18.5 Å². The van der Waals surface area contributed by atoms with Crippen LogP contribution < -0.4 is 16.1 Å². The van der Waals surface area contributed by atoms with Crippen molar-refractivity contribution in [2.45, 2.75) is 58.2 Å². The summed E-state index contributed by atoms with van der Waals surface area (Å²) in [6.45, 7) is 2.65. The maximum absolute atomic E-state index is 13.0. The fourth-order valence-corrected chi connectivity index (χ4v) is 5.65. The van der Waals surface area contributed by atoms with Gasteiger partial charge in [-0.05, 0) is 40.3 Å². The Morgan fingerprint density at radius 3 is 2.29 bits per heavy atom. The lowest BCUT2D eigenvalue weighted by Crippen LogP contribution is -2.49. The van der Waals surface area contributed by atoms with Crippen LogP contribution in [0.4, 0.5) is 0 Å². The van der Waals surface area contributed by atoms with Crippen LogP contribution in [0.15, 0.2) is 85.1 Å². The molecule has 5 rings (SSSR count). The first-order chi connectivity index (χ1) is 24.8. The lowest BCUT2D eigenvalue weighted by Gasteiger charge is -2.19. The molecule has 6 N–H and O–H groups in total. The molecule has 264 valence electrons. The number of hydrogen-bond donors (Lipinski definition) is 6. The molecule has 51 heavy (non-hydrogen) atoms. The number of benzene rings is 3. The van der Waals surface area contributed by atoms with E-state index in [0.717, 1.165) is 53.0 Å². The van der Waals surface area contributed by atoms with E-state index in [1.807, 2.05) is 53.1 Å². The number of aliphatic carboxylic acids is 1. The van der Waals surface area contributed by atoms with Gasteiger partial charge in [-0.3, -0.25) is 19.6 Å². The third-order valence-corrected chi connectivity index (χ3v) is 8.39. The van der Waals surface area contributed by atoms with Crippen LogP contribution in [0.25, 0.3) is 22.5 Å². The molecule has 15 nitrogen and oxygen atoms in total. The molecule has 2 atom stereocenters. The number of amides is 3. The van der Waals surface area contributed by atoms with Crippen molar-refractivity contribution in [3.8, 4) is 22.5 Å². The third kappa shape index (κ3) is 9.48. The molecule has 5 aromatic rings. The molecular weight excluding hydrogens is 654 g/mol. The summed E-state index contributed by atoms with van der Waals surface area (Å²) in [7, 11) is 0. The summed E-state index contributed by atoms with van der Waals surface area (Å²) in [5, 5.41) is 38.4. The highest BCUT2D eigenvalue weighted by atomic mass is 16.5. The van der Waals surface area contributed by atoms with Crippen molar-refractivity contribution < 1.29 is 29.5 Å². The van der Waals surface area contributed by atoms with Crippen LogP contribution in [0.3, 0.4) is 0 Å². The van der Waals surface area contributed by atoms with Gasteiger partial charge in [-0.1, -0.05) is 92.2 Å². The van der Waals surface area contributed by atoms with Gasteiger partial charge >= 0.3 is 5.97 Å². The lowest BCUT2D eigenvalue weighted by molar-refractivity contribution is -0.147. The van der Waals surface area contributed by atoms with Crippen LogP contribution in [0, 0.1) is 5.92 Å². The number of carbonyl (C=O) groups excluding carboxylic acids is 3. The van der Waals surface area contributed by atoms with Crippen molar-refractivity contribution in [3.05, 3.63) is 108 Å². The number of carboxylic acid groups (broad SMARTS) is 1. The van der Waals surface area contributed by atoms with E-state index in [0.29, 0.717) is 17.9 Å². The van der Waals surface area contributed by atoms with Gasteiger partial charge in [-0.15, -0.1) is 10.2 Å². The van der Waals surface area contributed by atoms with Crippen LogP contribution in [-0.4, -0.2) is 70.2 Å². The first-order valence-electron chi connectivity index (χ1n) is 16.5. The topological polar surface area (TPSA) is 217 Å². The highest BCUT2D eigenvalue weighted by Crippen LogP contribution is 2.30. The summed E-state index contributed by atoms with van der Waals surface area (Å²) >= 11 is 0. The standard InChI is InChI=1S/C36H39N9O6/c1-2-3-13-31-37-20-26(45(31)22-24-14-16-25(17-15-24)27-11-7-8-12-28(27)33-40-43-44-41-33)21-38-32(46)19-30(36(49)50)39-34(47)29(35(48)42-51)18-23-9-5-4-6-10-23/h4-12,14-17,20,29-30,51H,2-3,13,18-19,21-22H2,1H3,(H,38,46)(H,39,47)(H,42,48)(H,49,50)(H,40,41,43,44)/t29?,30-/m0/s1. The minimum absolute atomic E-state index is 0.0674. The second-order valence-corrected chi connectivity index (χ2v) is 11.9. The maximum atomic E-state index is 13.0. The van der Waals surface area contributed by atoms with Crippen molar-refractivity contribution in [1.29, 1.82) is 0 Å². The van der Waals surface area contributed by atoms with E-state index in [1.54, 1.807) is 36.5 Å². The number of rotatable bonds is 17. The summed E-state index contributed by atoms with van der Waals surface area (Å²) in [5.41, 5.74) is 6.60. The first-order valence-corrected chi connectivity index (χ1v) is 16.5. The second-order valence-electron chi connectivity index (χ2n) is 11.9. The number of aromatic amines is 1. The fourth-order valence-electron chi connectivity index (χ4n) is 5.65. The molecule has 0 aliphatic carbocycles. The molecule has 0 radical (unpaired) electrons.